The van der Waals surface area contributed by atoms with Gasteiger partial charge in [0.2, 0.25) is 12.2 Å². The minimum absolute atomic E-state index is 0.137. The number of aliphatic hydroxyl groups is 1. The van der Waals surface area contributed by atoms with Crippen molar-refractivity contribution in [2.45, 2.75) is 75.4 Å². The number of esters is 3. The number of likely N-dealkylation sites (N-methyl/N-ethyl adjacent to an activating group) is 1. The zero-order chi connectivity index (χ0) is 32.7. The number of benzene rings is 2. The Morgan fingerprint density at radius 2 is 1.80 bits per heavy atom. The first-order valence-electron chi connectivity index (χ1n) is 14.7. The fourth-order valence-electron chi connectivity index (χ4n) is 6.93. The molecule has 0 bridgehead atoms. The molecule has 240 valence electrons. The fraction of sp³-hybridized carbons (Fsp3) is 0.455. The van der Waals surface area contributed by atoms with Crippen molar-refractivity contribution in [3.05, 3.63) is 71.0 Å². The molecular formula is C33H37NO11. The number of carboxylic acids is 1. The number of aryl methyl sites for hydroxylation is 1. The molecule has 0 unspecified atom stereocenters. The van der Waals surface area contributed by atoms with E-state index >= 15 is 0 Å². The largest absolute Gasteiger partial charge is 0.493 e. The zero-order valence-electron chi connectivity index (χ0n) is 25.8. The van der Waals surface area contributed by atoms with E-state index in [2.05, 4.69) is 4.90 Å². The lowest BCUT2D eigenvalue weighted by atomic mass is 9.54. The Hall–Kier alpha value is -4.42. The third-order valence-corrected chi connectivity index (χ3v) is 9.24. The highest BCUT2D eigenvalue weighted by atomic mass is 16.6. The number of carbonyl (C=O) groups excluding carboxylic acids is 3. The number of nitrogens with zero attached hydrogens (tertiary/aromatic N) is 1. The van der Waals surface area contributed by atoms with Crippen molar-refractivity contribution in [1.29, 1.82) is 0 Å². The molecule has 2 N–H and O–H groups in total. The number of carboxylic acid groups (broad SMARTS) is 1. The Morgan fingerprint density at radius 3 is 2.44 bits per heavy atom. The van der Waals surface area contributed by atoms with Crippen molar-refractivity contribution in [3.63, 3.8) is 0 Å². The SMILES string of the molecule is COc1ccc(C)c2c1O[C@H]1C(OC(=O)[C@@H](OC(=O)[C@H](CC(=O)O)OC(C)=O)c3ccccc3)=CC[C@@]3(O)[C@@H](C)N(C)CC[C@]213. The molecule has 1 fully saturated rings. The summed E-state index contributed by atoms with van der Waals surface area (Å²) in [4.78, 5) is 52.0. The molecule has 12 heteroatoms. The van der Waals surface area contributed by atoms with Crippen LogP contribution in [0.3, 0.4) is 0 Å². The number of likely N-dealkylation sites (tertiary alicyclic amines) is 1. The second-order valence-electron chi connectivity index (χ2n) is 11.7. The van der Waals surface area contributed by atoms with E-state index in [1.165, 1.54) is 7.11 Å². The van der Waals surface area contributed by atoms with Crippen LogP contribution in [0, 0.1) is 6.92 Å². The summed E-state index contributed by atoms with van der Waals surface area (Å²) in [5.41, 5.74) is -0.376. The number of fused-ring (bicyclic) bond motifs is 1. The minimum Gasteiger partial charge on any atom is -0.493 e. The Labute approximate surface area is 260 Å². The molecule has 1 aliphatic carbocycles. The van der Waals surface area contributed by atoms with Crippen molar-refractivity contribution in [1.82, 2.24) is 4.90 Å². The first kappa shape index (κ1) is 32.0. The molecule has 12 nitrogen and oxygen atoms in total. The highest BCUT2D eigenvalue weighted by Gasteiger charge is 2.69. The molecule has 0 amide bonds. The van der Waals surface area contributed by atoms with Crippen LogP contribution >= 0.6 is 0 Å². The molecule has 2 heterocycles. The molecular weight excluding hydrogens is 586 g/mol. The highest BCUT2D eigenvalue weighted by Crippen LogP contribution is 2.62. The van der Waals surface area contributed by atoms with Gasteiger partial charge < -0.3 is 38.8 Å². The van der Waals surface area contributed by atoms with Crippen LogP contribution in [0.15, 0.2) is 54.3 Å². The average molecular weight is 624 g/mol. The summed E-state index contributed by atoms with van der Waals surface area (Å²) in [6, 6.07) is 11.5. The van der Waals surface area contributed by atoms with Crippen LogP contribution in [-0.4, -0.2) is 83.5 Å². The molecule has 0 aromatic heterocycles. The van der Waals surface area contributed by atoms with E-state index in [1.807, 2.05) is 27.0 Å². The van der Waals surface area contributed by atoms with Gasteiger partial charge in [-0.05, 0) is 51.6 Å². The average Bonchev–Trinajstić information content (AvgIpc) is 3.36. The van der Waals surface area contributed by atoms with Crippen LogP contribution in [0.5, 0.6) is 11.5 Å². The Kier molecular flexibility index (Phi) is 8.65. The van der Waals surface area contributed by atoms with Crippen LogP contribution in [-0.2, 0) is 38.8 Å². The maximum absolute atomic E-state index is 13.9. The van der Waals surface area contributed by atoms with Crippen molar-refractivity contribution in [2.24, 2.45) is 0 Å². The first-order valence-corrected chi connectivity index (χ1v) is 14.7. The summed E-state index contributed by atoms with van der Waals surface area (Å²) < 4.78 is 28.5. The molecule has 45 heavy (non-hydrogen) atoms. The topological polar surface area (TPSA) is 158 Å². The van der Waals surface area contributed by atoms with Crippen molar-refractivity contribution in [2.75, 3.05) is 20.7 Å². The van der Waals surface area contributed by atoms with E-state index < -0.39 is 59.6 Å². The fourth-order valence-corrected chi connectivity index (χ4v) is 6.93. The van der Waals surface area contributed by atoms with Gasteiger partial charge in [0.15, 0.2) is 17.6 Å². The molecule has 2 aromatic rings. The lowest BCUT2D eigenvalue weighted by Gasteiger charge is -2.58. The summed E-state index contributed by atoms with van der Waals surface area (Å²) in [6.45, 7) is 5.55. The molecule has 6 atom stereocenters. The van der Waals surface area contributed by atoms with Crippen LogP contribution in [0.4, 0.5) is 0 Å². The van der Waals surface area contributed by atoms with E-state index in [-0.39, 0.29) is 23.8 Å². The van der Waals surface area contributed by atoms with Crippen LogP contribution in [0.2, 0.25) is 0 Å². The Morgan fingerprint density at radius 1 is 1.09 bits per heavy atom. The van der Waals surface area contributed by atoms with Crippen LogP contribution < -0.4 is 9.47 Å². The number of ether oxygens (including phenoxy) is 5. The number of aliphatic carboxylic acids is 1. The van der Waals surface area contributed by atoms with E-state index in [0.29, 0.717) is 24.5 Å². The Balaban J connectivity index is 1.53. The molecule has 2 aromatic carbocycles. The molecule has 5 rings (SSSR count). The van der Waals surface area contributed by atoms with Gasteiger partial charge in [-0.25, -0.2) is 9.59 Å². The number of piperidine rings is 1. The lowest BCUT2D eigenvalue weighted by Crippen LogP contribution is -2.71. The standard InChI is InChI=1S/C33H37NO11/c1-18-11-12-22(41-5)28-26(18)32-15-16-34(4)19(2)33(32,40)14-13-23(29(32)44-28)43-31(39)27(21-9-7-6-8-10-21)45-30(38)24(17-25(36)37)42-20(3)35/h6-13,19,24,27,29,40H,14-17H2,1-5H3,(H,36,37)/t19-,24+,27+,29+,32+,33-/m1/s1. The number of methoxy groups -OCH3 is 1. The van der Waals surface area contributed by atoms with Gasteiger partial charge in [0.25, 0.3) is 0 Å². The van der Waals surface area contributed by atoms with Gasteiger partial charge in [-0.2, -0.15) is 0 Å². The smallest absolute Gasteiger partial charge is 0.357 e. The van der Waals surface area contributed by atoms with E-state index in [4.69, 9.17) is 23.7 Å². The van der Waals surface area contributed by atoms with Gasteiger partial charge in [-0.15, -0.1) is 0 Å². The van der Waals surface area contributed by atoms with E-state index in [9.17, 15) is 29.4 Å². The van der Waals surface area contributed by atoms with Crippen LogP contribution in [0.1, 0.15) is 55.9 Å². The van der Waals surface area contributed by atoms with Gasteiger partial charge in [0.05, 0.1) is 24.5 Å². The van der Waals surface area contributed by atoms with Crippen molar-refractivity contribution < 1.29 is 53.1 Å². The summed E-state index contributed by atoms with van der Waals surface area (Å²) in [5, 5.41) is 21.7. The number of hydrogen-bond donors (Lipinski definition) is 2. The molecule has 0 radical (unpaired) electrons. The van der Waals surface area contributed by atoms with Gasteiger partial charge in [0.1, 0.15) is 5.76 Å². The number of rotatable bonds is 9. The van der Waals surface area contributed by atoms with Gasteiger partial charge in [-0.1, -0.05) is 36.4 Å². The maximum Gasteiger partial charge on any atom is 0.357 e. The van der Waals surface area contributed by atoms with E-state index in [1.54, 1.807) is 42.5 Å². The molecule has 1 saturated heterocycles. The minimum atomic E-state index is -1.78. The van der Waals surface area contributed by atoms with Crippen molar-refractivity contribution in [3.8, 4) is 11.5 Å². The monoisotopic (exact) mass is 623 g/mol. The quantitative estimate of drug-likeness (QED) is 0.311. The lowest BCUT2D eigenvalue weighted by molar-refractivity contribution is -0.181. The van der Waals surface area contributed by atoms with Crippen molar-refractivity contribution >= 4 is 23.9 Å². The number of carbonyl (C=O) groups is 4. The predicted molar refractivity (Wildman–Crippen MR) is 157 cm³/mol. The Bertz CT molecular complexity index is 1520. The third kappa shape index (κ3) is 5.42. The molecule has 0 saturated carbocycles. The second kappa shape index (κ2) is 12.2. The van der Waals surface area contributed by atoms with Gasteiger partial charge in [-0.3, -0.25) is 9.59 Å². The van der Waals surface area contributed by atoms with Crippen LogP contribution in [0.25, 0.3) is 0 Å². The third-order valence-electron chi connectivity index (χ3n) is 9.24. The second-order valence-corrected chi connectivity index (χ2v) is 11.7. The summed E-state index contributed by atoms with van der Waals surface area (Å²) in [7, 11) is 3.48. The molecule has 1 spiro atoms. The van der Waals surface area contributed by atoms with Gasteiger partial charge >= 0.3 is 23.9 Å². The normalized spacial score (nSPS) is 26.5. The predicted octanol–water partition coefficient (Wildman–Crippen LogP) is 2.98. The van der Waals surface area contributed by atoms with E-state index in [0.717, 1.165) is 18.1 Å². The first-order chi connectivity index (χ1) is 21.3. The summed E-state index contributed by atoms with van der Waals surface area (Å²) >= 11 is 0. The molecule has 3 aliphatic rings. The van der Waals surface area contributed by atoms with Gasteiger partial charge in [0, 0.05) is 30.5 Å². The summed E-state index contributed by atoms with van der Waals surface area (Å²) in [5.74, 6) is -3.43. The highest BCUT2D eigenvalue weighted by molar-refractivity contribution is 5.87. The molecule has 2 aliphatic heterocycles. The maximum atomic E-state index is 13.9. The number of hydrogen-bond acceptors (Lipinski definition) is 11. The summed E-state index contributed by atoms with van der Waals surface area (Å²) in [6.07, 6.45) is -2.95. The zero-order valence-corrected chi connectivity index (χ0v) is 25.8.